The van der Waals surface area contributed by atoms with Crippen molar-refractivity contribution < 1.29 is 19.8 Å². The minimum atomic E-state index is -1.97. The third-order valence-corrected chi connectivity index (χ3v) is 1.55. The first-order chi connectivity index (χ1) is 5.09. The minimum absolute atomic E-state index is 0.346. The smallest absolute Gasteiger partial charge is 0.351 e. The molecule has 6 heteroatoms. The van der Waals surface area contributed by atoms with E-state index in [4.69, 9.17) is 10.2 Å². The van der Waals surface area contributed by atoms with Crippen molar-refractivity contribution in [2.75, 3.05) is 13.1 Å². The average Bonchev–Trinajstić information content (AvgIpc) is 2.34. The standard InChI is InChI=1S/C5H8N2O4/c8-3(9)5(4(10)11)6-1-2-7-5/h6-7H,1-2H2,(H,8,9)(H,10,11). The normalized spacial score (nSPS) is 21.5. The van der Waals surface area contributed by atoms with Gasteiger partial charge in [-0.3, -0.25) is 10.6 Å². The Labute approximate surface area is 62.2 Å². The molecule has 1 aliphatic rings. The highest BCUT2D eigenvalue weighted by Crippen LogP contribution is 2.04. The third-order valence-electron chi connectivity index (χ3n) is 1.55. The number of hydrogen-bond acceptors (Lipinski definition) is 4. The lowest BCUT2D eigenvalue weighted by molar-refractivity contribution is -0.159. The van der Waals surface area contributed by atoms with Crippen LogP contribution in [0.15, 0.2) is 0 Å². The van der Waals surface area contributed by atoms with E-state index < -0.39 is 17.6 Å². The van der Waals surface area contributed by atoms with Crippen LogP contribution in [0.3, 0.4) is 0 Å². The van der Waals surface area contributed by atoms with Crippen molar-refractivity contribution in [3.8, 4) is 0 Å². The Morgan fingerprint density at radius 2 is 1.45 bits per heavy atom. The minimum Gasteiger partial charge on any atom is -0.478 e. The molecule has 1 aliphatic heterocycles. The van der Waals surface area contributed by atoms with Crippen LogP contribution in [0.25, 0.3) is 0 Å². The zero-order chi connectivity index (χ0) is 8.48. The van der Waals surface area contributed by atoms with Crippen molar-refractivity contribution in [3.05, 3.63) is 0 Å². The Morgan fingerprint density at radius 3 is 1.64 bits per heavy atom. The molecule has 1 saturated heterocycles. The molecule has 1 rings (SSSR count). The zero-order valence-corrected chi connectivity index (χ0v) is 5.63. The van der Waals surface area contributed by atoms with E-state index >= 15 is 0 Å². The van der Waals surface area contributed by atoms with Gasteiger partial charge in [-0.15, -0.1) is 0 Å². The van der Waals surface area contributed by atoms with Crippen LogP contribution in [0.1, 0.15) is 0 Å². The fourth-order valence-electron chi connectivity index (χ4n) is 0.956. The van der Waals surface area contributed by atoms with Gasteiger partial charge in [0.2, 0.25) is 0 Å². The summed E-state index contributed by atoms with van der Waals surface area (Å²) in [5, 5.41) is 21.8. The molecule has 0 aromatic heterocycles. The molecule has 62 valence electrons. The second kappa shape index (κ2) is 2.48. The van der Waals surface area contributed by atoms with Crippen molar-refractivity contribution in [3.63, 3.8) is 0 Å². The summed E-state index contributed by atoms with van der Waals surface area (Å²) in [6, 6.07) is 0. The highest BCUT2D eigenvalue weighted by molar-refractivity contribution is 6.02. The largest absolute Gasteiger partial charge is 0.478 e. The predicted octanol–water partition coefficient (Wildman–Crippen LogP) is -1.96. The highest BCUT2D eigenvalue weighted by atomic mass is 16.4. The van der Waals surface area contributed by atoms with E-state index in [1.54, 1.807) is 0 Å². The molecule has 11 heavy (non-hydrogen) atoms. The van der Waals surface area contributed by atoms with Crippen LogP contribution in [0, 0.1) is 0 Å². The molecule has 4 N–H and O–H groups in total. The van der Waals surface area contributed by atoms with Gasteiger partial charge in [0.1, 0.15) is 0 Å². The fraction of sp³-hybridized carbons (Fsp3) is 0.600. The number of rotatable bonds is 2. The Balaban J connectivity index is 2.87. The summed E-state index contributed by atoms with van der Waals surface area (Å²) in [6.07, 6.45) is 0. The van der Waals surface area contributed by atoms with Gasteiger partial charge in [0.15, 0.2) is 0 Å². The van der Waals surface area contributed by atoms with E-state index in [2.05, 4.69) is 10.6 Å². The van der Waals surface area contributed by atoms with Crippen LogP contribution in [0.2, 0.25) is 0 Å². The van der Waals surface area contributed by atoms with Crippen LogP contribution >= 0.6 is 0 Å². The van der Waals surface area contributed by atoms with Gasteiger partial charge in [-0.1, -0.05) is 0 Å². The van der Waals surface area contributed by atoms with Crippen LogP contribution in [-0.2, 0) is 9.59 Å². The van der Waals surface area contributed by atoms with Gasteiger partial charge in [-0.25, -0.2) is 9.59 Å². The van der Waals surface area contributed by atoms with Crippen LogP contribution in [0.4, 0.5) is 0 Å². The molecule has 6 nitrogen and oxygen atoms in total. The van der Waals surface area contributed by atoms with Crippen molar-refractivity contribution in [1.29, 1.82) is 0 Å². The molecule has 0 spiro atoms. The lowest BCUT2D eigenvalue weighted by atomic mass is 10.2. The second-order valence-corrected chi connectivity index (χ2v) is 2.21. The first kappa shape index (κ1) is 7.96. The lowest BCUT2D eigenvalue weighted by Gasteiger charge is -2.18. The molecule has 1 fully saturated rings. The summed E-state index contributed by atoms with van der Waals surface area (Å²) in [5.74, 6) is -2.83. The van der Waals surface area contributed by atoms with Crippen molar-refractivity contribution in [1.82, 2.24) is 10.6 Å². The molecule has 0 atom stereocenters. The van der Waals surface area contributed by atoms with E-state index in [0.29, 0.717) is 13.1 Å². The summed E-state index contributed by atoms with van der Waals surface area (Å²) in [6.45, 7) is 0.692. The first-order valence-corrected chi connectivity index (χ1v) is 3.06. The summed E-state index contributed by atoms with van der Waals surface area (Å²) in [4.78, 5) is 20.9. The van der Waals surface area contributed by atoms with Crippen molar-refractivity contribution in [2.45, 2.75) is 5.66 Å². The second-order valence-electron chi connectivity index (χ2n) is 2.21. The molecule has 0 bridgehead atoms. The van der Waals surface area contributed by atoms with Crippen molar-refractivity contribution in [2.24, 2.45) is 0 Å². The predicted molar refractivity (Wildman–Crippen MR) is 34.0 cm³/mol. The summed E-state index contributed by atoms with van der Waals surface area (Å²) in [7, 11) is 0. The van der Waals surface area contributed by atoms with Crippen LogP contribution < -0.4 is 10.6 Å². The van der Waals surface area contributed by atoms with Gasteiger partial charge in [-0.05, 0) is 0 Å². The Kier molecular flexibility index (Phi) is 1.79. The number of hydrogen-bond donors (Lipinski definition) is 4. The van der Waals surface area contributed by atoms with Crippen molar-refractivity contribution >= 4 is 11.9 Å². The number of carboxylic acids is 2. The number of carboxylic acid groups (broad SMARTS) is 2. The van der Waals surface area contributed by atoms with E-state index in [0.717, 1.165) is 0 Å². The van der Waals surface area contributed by atoms with E-state index in [-0.39, 0.29) is 0 Å². The molecule has 0 saturated carbocycles. The van der Waals surface area contributed by atoms with Gasteiger partial charge in [-0.2, -0.15) is 0 Å². The average molecular weight is 160 g/mol. The van der Waals surface area contributed by atoms with Gasteiger partial charge in [0.05, 0.1) is 0 Å². The SMILES string of the molecule is O=C(O)C1(C(=O)O)NCCN1. The Bertz CT molecular complexity index is 181. The molecule has 0 unspecified atom stereocenters. The fourth-order valence-corrected chi connectivity index (χ4v) is 0.956. The maximum absolute atomic E-state index is 10.5. The van der Waals surface area contributed by atoms with Gasteiger partial charge < -0.3 is 10.2 Å². The number of aliphatic carboxylic acids is 2. The van der Waals surface area contributed by atoms with Gasteiger partial charge in [0.25, 0.3) is 5.66 Å². The van der Waals surface area contributed by atoms with E-state index in [1.807, 2.05) is 0 Å². The summed E-state index contributed by atoms with van der Waals surface area (Å²) >= 11 is 0. The maximum Gasteiger partial charge on any atom is 0.351 e. The van der Waals surface area contributed by atoms with E-state index in [9.17, 15) is 9.59 Å². The Morgan fingerprint density at radius 1 is 1.09 bits per heavy atom. The lowest BCUT2D eigenvalue weighted by Crippen LogP contribution is -2.62. The molecular formula is C5H8N2O4. The first-order valence-electron chi connectivity index (χ1n) is 3.06. The van der Waals surface area contributed by atoms with E-state index in [1.165, 1.54) is 0 Å². The van der Waals surface area contributed by atoms with Gasteiger partial charge in [0, 0.05) is 13.1 Å². The summed E-state index contributed by atoms with van der Waals surface area (Å²) < 4.78 is 0. The monoisotopic (exact) mass is 160 g/mol. The molecular weight excluding hydrogens is 152 g/mol. The molecule has 1 heterocycles. The molecule has 0 aliphatic carbocycles. The van der Waals surface area contributed by atoms with Gasteiger partial charge >= 0.3 is 11.9 Å². The number of carbonyl (C=O) groups is 2. The topological polar surface area (TPSA) is 98.7 Å². The molecule has 0 aromatic carbocycles. The Hall–Kier alpha value is -1.14. The van der Waals surface area contributed by atoms with Crippen LogP contribution in [0.5, 0.6) is 0 Å². The maximum atomic E-state index is 10.5. The third kappa shape index (κ3) is 1.06. The quantitative estimate of drug-likeness (QED) is 0.350. The molecule has 0 radical (unpaired) electrons. The number of nitrogens with one attached hydrogen (secondary N) is 2. The highest BCUT2D eigenvalue weighted by Gasteiger charge is 2.48. The van der Waals surface area contributed by atoms with Crippen LogP contribution in [-0.4, -0.2) is 40.9 Å². The zero-order valence-electron chi connectivity index (χ0n) is 5.63. The molecule has 0 amide bonds. The summed E-state index contributed by atoms with van der Waals surface area (Å²) in [5.41, 5.74) is -1.97. The molecule has 0 aromatic rings.